The molecule has 0 aromatic carbocycles. The summed E-state index contributed by atoms with van der Waals surface area (Å²) in [6.07, 6.45) is 1.37. The molecule has 3 nitrogen and oxygen atoms in total. The minimum absolute atomic E-state index is 0.375. The number of aromatic nitrogens is 1. The molecule has 0 aliphatic carbocycles. The molecule has 0 N–H and O–H groups in total. The summed E-state index contributed by atoms with van der Waals surface area (Å²) in [5.74, 6) is -0.431. The molecule has 0 unspecified atom stereocenters. The van der Waals surface area contributed by atoms with E-state index in [1.807, 2.05) is 0 Å². The Morgan fingerprint density at radius 3 is 2.62 bits per heavy atom. The Balaban J connectivity index is 2.87. The van der Waals surface area contributed by atoms with E-state index in [0.29, 0.717) is 11.3 Å². The van der Waals surface area contributed by atoms with Crippen LogP contribution in [-0.2, 0) is 4.74 Å². The minimum Gasteiger partial charge on any atom is -0.465 e. The third-order valence-electron chi connectivity index (χ3n) is 1.43. The van der Waals surface area contributed by atoms with E-state index >= 15 is 0 Å². The second-order valence-electron chi connectivity index (χ2n) is 2.26. The summed E-state index contributed by atoms with van der Waals surface area (Å²) in [5, 5.41) is 0. The number of esters is 1. The normalized spacial score (nSPS) is 10.2. The second kappa shape index (κ2) is 4.44. The molecule has 0 saturated carbocycles. The molecule has 1 aromatic heterocycles. The zero-order valence-electron chi connectivity index (χ0n) is 6.83. The number of carbonyl (C=O) groups is 1. The fourth-order valence-electron chi connectivity index (χ4n) is 0.773. The van der Waals surface area contributed by atoms with Gasteiger partial charge < -0.3 is 4.74 Å². The van der Waals surface area contributed by atoms with E-state index in [0.717, 1.165) is 0 Å². The maximum atomic E-state index is 11.0. The lowest BCUT2D eigenvalue weighted by molar-refractivity contribution is 0.0600. The van der Waals surface area contributed by atoms with Gasteiger partial charge in [-0.15, -0.1) is 0 Å². The van der Waals surface area contributed by atoms with Crippen LogP contribution in [0.1, 0.15) is 20.9 Å². The first-order valence-electron chi connectivity index (χ1n) is 3.47. The molecule has 1 aromatic rings. The van der Waals surface area contributed by atoms with Gasteiger partial charge in [-0.2, -0.15) is 0 Å². The molecule has 0 fully saturated rings. The van der Waals surface area contributed by atoms with Gasteiger partial charge in [0, 0.05) is 6.20 Å². The molecular formula is C8H7Cl2NO2. The molecule has 1 heterocycles. The summed E-state index contributed by atoms with van der Waals surface area (Å²) in [6, 6.07) is 3.14. The molecule has 0 amide bonds. The Kier molecular flexibility index (Phi) is 3.51. The maximum Gasteiger partial charge on any atom is 0.339 e. The molecule has 0 aliphatic rings. The molecule has 0 spiro atoms. The molecule has 0 bridgehead atoms. The summed E-state index contributed by atoms with van der Waals surface area (Å²) in [6.45, 7) is 0. The van der Waals surface area contributed by atoms with Crippen molar-refractivity contribution in [3.63, 3.8) is 0 Å². The van der Waals surface area contributed by atoms with Crippen LogP contribution in [0.25, 0.3) is 0 Å². The van der Waals surface area contributed by atoms with E-state index < -0.39 is 10.8 Å². The van der Waals surface area contributed by atoms with Crippen molar-refractivity contribution in [2.75, 3.05) is 7.11 Å². The predicted molar refractivity (Wildman–Crippen MR) is 50.0 cm³/mol. The SMILES string of the molecule is COC(=O)c1ccc(C(Cl)Cl)nc1. The molecule has 1 rings (SSSR count). The third kappa shape index (κ3) is 2.57. The molecule has 0 saturated heterocycles. The lowest BCUT2D eigenvalue weighted by Crippen LogP contribution is -2.02. The van der Waals surface area contributed by atoms with Gasteiger partial charge in [-0.25, -0.2) is 4.79 Å². The molecule has 70 valence electrons. The topological polar surface area (TPSA) is 39.2 Å². The van der Waals surface area contributed by atoms with Crippen molar-refractivity contribution in [3.8, 4) is 0 Å². The maximum absolute atomic E-state index is 11.0. The van der Waals surface area contributed by atoms with Crippen molar-refractivity contribution in [1.29, 1.82) is 0 Å². The van der Waals surface area contributed by atoms with Gasteiger partial charge >= 0.3 is 5.97 Å². The first-order valence-corrected chi connectivity index (χ1v) is 4.35. The van der Waals surface area contributed by atoms with Gasteiger partial charge in [-0.05, 0) is 12.1 Å². The zero-order chi connectivity index (χ0) is 9.84. The quantitative estimate of drug-likeness (QED) is 0.567. The Hall–Kier alpha value is -0.800. The number of hydrogen-bond acceptors (Lipinski definition) is 3. The van der Waals surface area contributed by atoms with Crippen LogP contribution < -0.4 is 0 Å². The Labute approximate surface area is 85.6 Å². The highest BCUT2D eigenvalue weighted by Gasteiger charge is 2.08. The van der Waals surface area contributed by atoms with Crippen molar-refractivity contribution in [2.24, 2.45) is 0 Å². The largest absolute Gasteiger partial charge is 0.465 e. The van der Waals surface area contributed by atoms with Crippen LogP contribution >= 0.6 is 23.2 Å². The van der Waals surface area contributed by atoms with Gasteiger partial charge in [0.1, 0.15) is 4.84 Å². The highest BCUT2D eigenvalue weighted by molar-refractivity contribution is 6.43. The van der Waals surface area contributed by atoms with E-state index in [4.69, 9.17) is 23.2 Å². The number of carbonyl (C=O) groups excluding carboxylic acids is 1. The zero-order valence-corrected chi connectivity index (χ0v) is 8.34. The Bertz CT molecular complexity index is 298. The molecule has 5 heteroatoms. The number of nitrogens with zero attached hydrogens (tertiary/aromatic N) is 1. The fraction of sp³-hybridized carbons (Fsp3) is 0.250. The van der Waals surface area contributed by atoms with Crippen LogP contribution in [0.3, 0.4) is 0 Å². The standard InChI is InChI=1S/C8H7Cl2NO2/c1-13-8(12)5-2-3-6(7(9)10)11-4-5/h2-4,7H,1H3. The number of halogens is 2. The van der Waals surface area contributed by atoms with Gasteiger partial charge in [0.2, 0.25) is 0 Å². The lowest BCUT2D eigenvalue weighted by Gasteiger charge is -2.01. The monoisotopic (exact) mass is 219 g/mol. The number of rotatable bonds is 2. The summed E-state index contributed by atoms with van der Waals surface area (Å²) in [4.78, 5) is 14.2. The van der Waals surface area contributed by atoms with Crippen molar-refractivity contribution in [3.05, 3.63) is 29.6 Å². The average molecular weight is 220 g/mol. The van der Waals surface area contributed by atoms with E-state index in [9.17, 15) is 4.79 Å². The molecular weight excluding hydrogens is 213 g/mol. The van der Waals surface area contributed by atoms with Crippen molar-refractivity contribution in [1.82, 2.24) is 4.98 Å². The van der Waals surface area contributed by atoms with E-state index in [-0.39, 0.29) is 0 Å². The van der Waals surface area contributed by atoms with Crippen LogP contribution in [0.5, 0.6) is 0 Å². The Morgan fingerprint density at radius 1 is 1.54 bits per heavy atom. The summed E-state index contributed by atoms with van der Waals surface area (Å²) in [5.41, 5.74) is 0.885. The van der Waals surface area contributed by atoms with E-state index in [2.05, 4.69) is 9.72 Å². The van der Waals surface area contributed by atoms with Crippen molar-refractivity contribution >= 4 is 29.2 Å². The van der Waals surface area contributed by atoms with E-state index in [1.165, 1.54) is 13.3 Å². The molecule has 0 aliphatic heterocycles. The lowest BCUT2D eigenvalue weighted by atomic mass is 10.2. The van der Waals surface area contributed by atoms with Gasteiger partial charge in [-0.1, -0.05) is 23.2 Å². The van der Waals surface area contributed by atoms with Crippen LogP contribution in [0.15, 0.2) is 18.3 Å². The van der Waals surface area contributed by atoms with Crippen molar-refractivity contribution < 1.29 is 9.53 Å². The minimum atomic E-state index is -0.674. The van der Waals surface area contributed by atoms with E-state index in [1.54, 1.807) is 12.1 Å². The van der Waals surface area contributed by atoms with Crippen molar-refractivity contribution in [2.45, 2.75) is 4.84 Å². The number of methoxy groups -OCH3 is 1. The highest BCUT2D eigenvalue weighted by Crippen LogP contribution is 2.22. The number of ether oxygens (including phenoxy) is 1. The van der Waals surface area contributed by atoms with Gasteiger partial charge in [0.05, 0.1) is 18.4 Å². The highest BCUT2D eigenvalue weighted by atomic mass is 35.5. The van der Waals surface area contributed by atoms with Gasteiger partial charge in [-0.3, -0.25) is 4.98 Å². The van der Waals surface area contributed by atoms with Gasteiger partial charge in [0.25, 0.3) is 0 Å². The third-order valence-corrected chi connectivity index (χ3v) is 1.88. The molecule has 0 radical (unpaired) electrons. The summed E-state index contributed by atoms with van der Waals surface area (Å²) in [7, 11) is 1.31. The van der Waals surface area contributed by atoms with Crippen LogP contribution in [0.2, 0.25) is 0 Å². The second-order valence-corrected chi connectivity index (χ2v) is 3.36. The number of pyridine rings is 1. The number of alkyl halides is 2. The van der Waals surface area contributed by atoms with Gasteiger partial charge in [0.15, 0.2) is 0 Å². The van der Waals surface area contributed by atoms with Crippen LogP contribution in [-0.4, -0.2) is 18.1 Å². The average Bonchev–Trinajstić information content (AvgIpc) is 2.17. The summed E-state index contributed by atoms with van der Waals surface area (Å²) < 4.78 is 4.49. The smallest absolute Gasteiger partial charge is 0.339 e. The van der Waals surface area contributed by atoms with Crippen LogP contribution in [0, 0.1) is 0 Å². The predicted octanol–water partition coefficient (Wildman–Crippen LogP) is 2.34. The Morgan fingerprint density at radius 2 is 2.23 bits per heavy atom. The number of hydrogen-bond donors (Lipinski definition) is 0. The first-order chi connectivity index (χ1) is 6.15. The summed E-state index contributed by atoms with van der Waals surface area (Å²) >= 11 is 11.1. The molecule has 0 atom stereocenters. The first kappa shape index (κ1) is 10.3. The molecule has 13 heavy (non-hydrogen) atoms. The van der Waals surface area contributed by atoms with Crippen LogP contribution in [0.4, 0.5) is 0 Å². The fourth-order valence-corrected chi connectivity index (χ4v) is 1.03.